The highest BCUT2D eigenvalue weighted by Crippen LogP contribution is 2.31. The number of thiazole rings is 1. The van der Waals surface area contributed by atoms with E-state index in [0.29, 0.717) is 29.0 Å². The minimum atomic E-state index is -0.156. The Bertz CT molecular complexity index is 691. The summed E-state index contributed by atoms with van der Waals surface area (Å²) >= 11 is 1.57. The van der Waals surface area contributed by atoms with Crippen molar-refractivity contribution in [2.75, 3.05) is 25.0 Å². The lowest BCUT2D eigenvalue weighted by atomic mass is 9.97. The molecule has 1 saturated heterocycles. The van der Waals surface area contributed by atoms with Gasteiger partial charge in [-0.1, -0.05) is 12.7 Å². The molecule has 6 heteroatoms. The Morgan fingerprint density at radius 3 is 2.83 bits per heavy atom. The molecule has 1 aliphatic rings. The number of aromatic nitrogens is 1. The van der Waals surface area contributed by atoms with Crippen LogP contribution in [0.2, 0.25) is 0 Å². The molecule has 1 aromatic carbocycles. The largest absolute Gasteiger partial charge is 0.490 e. The zero-order chi connectivity index (χ0) is 16.8. The van der Waals surface area contributed by atoms with Gasteiger partial charge in [-0.05, 0) is 56.1 Å². The summed E-state index contributed by atoms with van der Waals surface area (Å²) in [6.45, 7) is 6.15. The third-order valence-electron chi connectivity index (χ3n) is 3.97. The molecule has 0 radical (unpaired) electrons. The Morgan fingerprint density at radius 1 is 1.38 bits per heavy atom. The number of carbonyl (C=O) groups excluding carboxylic acids is 1. The van der Waals surface area contributed by atoms with Crippen molar-refractivity contribution in [3.63, 3.8) is 0 Å². The summed E-state index contributed by atoms with van der Waals surface area (Å²) in [5.41, 5.74) is 0.583. The SMILES string of the molecule is C=CCOc1ccc(C(=O)Nc2ncc(C3CCNCC3)s2)cc1. The summed E-state index contributed by atoms with van der Waals surface area (Å²) in [6.07, 6.45) is 5.83. The van der Waals surface area contributed by atoms with Crippen LogP contribution < -0.4 is 15.4 Å². The number of nitrogens with zero attached hydrogens (tertiary/aromatic N) is 1. The lowest BCUT2D eigenvalue weighted by molar-refractivity contribution is 0.102. The van der Waals surface area contributed by atoms with E-state index in [0.717, 1.165) is 25.9 Å². The lowest BCUT2D eigenvalue weighted by Crippen LogP contribution is -2.26. The summed E-state index contributed by atoms with van der Waals surface area (Å²) in [4.78, 5) is 17.9. The van der Waals surface area contributed by atoms with Gasteiger partial charge >= 0.3 is 0 Å². The number of hydrogen-bond donors (Lipinski definition) is 2. The third-order valence-corrected chi connectivity index (χ3v) is 5.05. The van der Waals surface area contributed by atoms with E-state index >= 15 is 0 Å². The van der Waals surface area contributed by atoms with Crippen molar-refractivity contribution >= 4 is 22.4 Å². The molecule has 0 spiro atoms. The van der Waals surface area contributed by atoms with Crippen molar-refractivity contribution < 1.29 is 9.53 Å². The molecule has 5 nitrogen and oxygen atoms in total. The van der Waals surface area contributed by atoms with E-state index in [1.807, 2.05) is 6.20 Å². The molecule has 0 aliphatic carbocycles. The van der Waals surface area contributed by atoms with E-state index in [1.165, 1.54) is 4.88 Å². The van der Waals surface area contributed by atoms with Crippen molar-refractivity contribution in [3.05, 3.63) is 53.6 Å². The fourth-order valence-corrected chi connectivity index (χ4v) is 3.65. The predicted molar refractivity (Wildman–Crippen MR) is 97.0 cm³/mol. The second kappa shape index (κ2) is 8.08. The van der Waals surface area contributed by atoms with Crippen LogP contribution in [0, 0.1) is 0 Å². The first-order valence-electron chi connectivity index (χ1n) is 8.08. The molecule has 1 fully saturated rings. The van der Waals surface area contributed by atoms with Crippen LogP contribution >= 0.6 is 11.3 Å². The van der Waals surface area contributed by atoms with E-state index in [1.54, 1.807) is 41.7 Å². The second-order valence-corrected chi connectivity index (χ2v) is 6.73. The Balaban J connectivity index is 1.60. The van der Waals surface area contributed by atoms with E-state index in [9.17, 15) is 4.79 Å². The van der Waals surface area contributed by atoms with E-state index < -0.39 is 0 Å². The molecule has 0 bridgehead atoms. The van der Waals surface area contributed by atoms with Crippen molar-refractivity contribution in [3.8, 4) is 5.75 Å². The number of anilines is 1. The zero-order valence-corrected chi connectivity index (χ0v) is 14.3. The molecule has 24 heavy (non-hydrogen) atoms. The third kappa shape index (κ3) is 4.21. The number of ether oxygens (including phenoxy) is 1. The van der Waals surface area contributed by atoms with Gasteiger partial charge in [0.15, 0.2) is 5.13 Å². The van der Waals surface area contributed by atoms with E-state index in [2.05, 4.69) is 22.2 Å². The van der Waals surface area contributed by atoms with Crippen molar-refractivity contribution in [2.24, 2.45) is 0 Å². The molecular weight excluding hydrogens is 322 g/mol. The fraction of sp³-hybridized carbons (Fsp3) is 0.333. The molecule has 3 rings (SSSR count). The molecular formula is C18H21N3O2S. The van der Waals surface area contributed by atoms with Crippen molar-refractivity contribution in [1.29, 1.82) is 0 Å². The summed E-state index contributed by atoms with van der Waals surface area (Å²) in [6, 6.07) is 7.05. The molecule has 0 atom stereocenters. The molecule has 0 unspecified atom stereocenters. The summed E-state index contributed by atoms with van der Waals surface area (Å²) in [5, 5.41) is 6.89. The van der Waals surface area contributed by atoms with Crippen molar-refractivity contribution in [2.45, 2.75) is 18.8 Å². The number of hydrogen-bond acceptors (Lipinski definition) is 5. The minimum absolute atomic E-state index is 0.156. The Hall–Kier alpha value is -2.18. The van der Waals surface area contributed by atoms with Crippen LogP contribution in [0.1, 0.15) is 34.0 Å². The summed E-state index contributed by atoms with van der Waals surface area (Å²) in [5.74, 6) is 1.11. The molecule has 2 aromatic rings. The van der Waals surface area contributed by atoms with Gasteiger partial charge < -0.3 is 10.1 Å². The minimum Gasteiger partial charge on any atom is -0.490 e. The average molecular weight is 343 g/mol. The highest BCUT2D eigenvalue weighted by Gasteiger charge is 2.18. The van der Waals surface area contributed by atoms with Crippen LogP contribution in [0.4, 0.5) is 5.13 Å². The molecule has 1 amide bonds. The second-order valence-electron chi connectivity index (χ2n) is 5.67. The maximum Gasteiger partial charge on any atom is 0.257 e. The van der Waals surface area contributed by atoms with E-state index in [4.69, 9.17) is 4.74 Å². The highest BCUT2D eigenvalue weighted by atomic mass is 32.1. The van der Waals surface area contributed by atoms with Crippen LogP contribution in [-0.2, 0) is 0 Å². The van der Waals surface area contributed by atoms with Gasteiger partial charge in [-0.3, -0.25) is 10.1 Å². The summed E-state index contributed by atoms with van der Waals surface area (Å²) < 4.78 is 5.41. The number of carbonyl (C=O) groups is 1. The number of benzene rings is 1. The Labute approximate surface area is 145 Å². The lowest BCUT2D eigenvalue weighted by Gasteiger charge is -2.20. The average Bonchev–Trinajstić information content (AvgIpc) is 3.09. The molecule has 1 aliphatic heterocycles. The highest BCUT2D eigenvalue weighted by molar-refractivity contribution is 7.15. The number of rotatable bonds is 6. The molecule has 126 valence electrons. The van der Waals surface area contributed by atoms with Gasteiger partial charge in [0.2, 0.25) is 0 Å². The fourth-order valence-electron chi connectivity index (χ4n) is 2.67. The van der Waals surface area contributed by atoms with Crippen molar-refractivity contribution in [1.82, 2.24) is 10.3 Å². The number of piperidine rings is 1. The number of nitrogens with one attached hydrogen (secondary N) is 2. The van der Waals surface area contributed by atoms with E-state index in [-0.39, 0.29) is 5.91 Å². The summed E-state index contributed by atoms with van der Waals surface area (Å²) in [7, 11) is 0. The number of amides is 1. The Kier molecular flexibility index (Phi) is 5.61. The topological polar surface area (TPSA) is 63.2 Å². The van der Waals surface area contributed by atoms with Crippen LogP contribution in [0.5, 0.6) is 5.75 Å². The van der Waals surface area contributed by atoms with Gasteiger partial charge in [-0.25, -0.2) is 4.98 Å². The van der Waals surface area contributed by atoms with Gasteiger partial charge in [-0.2, -0.15) is 0 Å². The molecule has 0 saturated carbocycles. The smallest absolute Gasteiger partial charge is 0.257 e. The van der Waals surface area contributed by atoms with Gasteiger partial charge in [0.25, 0.3) is 5.91 Å². The van der Waals surface area contributed by atoms with Gasteiger partial charge in [0, 0.05) is 16.6 Å². The Morgan fingerprint density at radius 2 is 2.12 bits per heavy atom. The van der Waals surface area contributed by atoms with Crippen LogP contribution in [0.15, 0.2) is 43.1 Å². The first-order chi connectivity index (χ1) is 11.8. The molecule has 2 N–H and O–H groups in total. The molecule has 2 heterocycles. The zero-order valence-electron chi connectivity index (χ0n) is 13.5. The van der Waals surface area contributed by atoms with Crippen LogP contribution in [0.3, 0.4) is 0 Å². The normalized spacial score (nSPS) is 15.0. The van der Waals surface area contributed by atoms with Crippen LogP contribution in [0.25, 0.3) is 0 Å². The van der Waals surface area contributed by atoms with Crippen LogP contribution in [-0.4, -0.2) is 30.6 Å². The van der Waals surface area contributed by atoms with Gasteiger partial charge in [0.1, 0.15) is 12.4 Å². The maximum absolute atomic E-state index is 12.3. The first kappa shape index (κ1) is 16.7. The quantitative estimate of drug-likeness (QED) is 0.789. The molecule has 1 aromatic heterocycles. The first-order valence-corrected chi connectivity index (χ1v) is 8.89. The maximum atomic E-state index is 12.3. The van der Waals surface area contributed by atoms with Gasteiger partial charge in [0.05, 0.1) is 0 Å². The van der Waals surface area contributed by atoms with Gasteiger partial charge in [-0.15, -0.1) is 11.3 Å². The monoisotopic (exact) mass is 343 g/mol. The standard InChI is InChI=1S/C18H21N3O2S/c1-2-11-23-15-5-3-14(4-6-15)17(22)21-18-20-12-16(24-18)13-7-9-19-10-8-13/h2-6,12-13,19H,1,7-11H2,(H,20,21,22). The predicted octanol–water partition coefficient (Wildman–Crippen LogP) is 3.43.